The molecule has 2 aromatic carbocycles. The number of hydrogen-bond acceptors (Lipinski definition) is 3. The molecule has 0 saturated heterocycles. The van der Waals surface area contributed by atoms with Crippen LogP contribution < -0.4 is 14.8 Å². The highest BCUT2D eigenvalue weighted by atomic mass is 35.5. The highest BCUT2D eigenvalue weighted by Gasteiger charge is 2.29. The third kappa shape index (κ3) is 3.14. The van der Waals surface area contributed by atoms with Crippen molar-refractivity contribution in [2.24, 2.45) is 0 Å². The lowest BCUT2D eigenvalue weighted by Crippen LogP contribution is -2.41. The average Bonchev–Trinajstić information content (AvgIpc) is 2.52. The molecule has 1 aliphatic rings. The molecule has 1 heterocycles. The van der Waals surface area contributed by atoms with E-state index >= 15 is 0 Å². The zero-order chi connectivity index (χ0) is 14.7. The quantitative estimate of drug-likeness (QED) is 0.931. The number of halogens is 1. The molecule has 0 aromatic heterocycles. The van der Waals surface area contributed by atoms with Gasteiger partial charge in [0.2, 0.25) is 0 Å². The number of nitrogens with one attached hydrogen (secondary N) is 1. The maximum Gasteiger partial charge on any atom is 0.161 e. The van der Waals surface area contributed by atoms with E-state index in [4.69, 9.17) is 21.1 Å². The van der Waals surface area contributed by atoms with Gasteiger partial charge in [-0.2, -0.15) is 0 Å². The number of para-hydroxylation sites is 2. The van der Waals surface area contributed by atoms with Crippen LogP contribution in [0.15, 0.2) is 48.5 Å². The molecule has 0 radical (unpaired) electrons. The van der Waals surface area contributed by atoms with E-state index in [9.17, 15) is 0 Å². The Balaban J connectivity index is 1.85. The first-order valence-electron chi connectivity index (χ1n) is 7.15. The van der Waals surface area contributed by atoms with Gasteiger partial charge < -0.3 is 14.8 Å². The third-order valence-corrected chi connectivity index (χ3v) is 3.77. The Morgan fingerprint density at radius 3 is 2.76 bits per heavy atom. The Morgan fingerprint density at radius 1 is 1.19 bits per heavy atom. The van der Waals surface area contributed by atoms with E-state index in [0.717, 1.165) is 28.6 Å². The molecule has 4 heteroatoms. The molecule has 2 unspecified atom stereocenters. The molecule has 0 saturated carbocycles. The fourth-order valence-electron chi connectivity index (χ4n) is 2.58. The van der Waals surface area contributed by atoms with Gasteiger partial charge in [0.1, 0.15) is 6.61 Å². The van der Waals surface area contributed by atoms with Crippen molar-refractivity contribution in [1.29, 1.82) is 0 Å². The summed E-state index contributed by atoms with van der Waals surface area (Å²) in [6.45, 7) is 3.44. The standard InChI is InChI=1S/C17H18ClNO2/c1-2-19-17(12-6-5-7-13(18)10-12)16-11-20-14-8-3-4-9-15(14)21-16/h3-10,16-17,19H,2,11H2,1H3. The van der Waals surface area contributed by atoms with Crippen molar-refractivity contribution in [2.45, 2.75) is 19.1 Å². The van der Waals surface area contributed by atoms with E-state index in [1.54, 1.807) is 0 Å². The van der Waals surface area contributed by atoms with E-state index < -0.39 is 0 Å². The van der Waals surface area contributed by atoms with Crippen LogP contribution in [0.1, 0.15) is 18.5 Å². The number of fused-ring (bicyclic) bond motifs is 1. The number of rotatable bonds is 4. The van der Waals surface area contributed by atoms with Crippen LogP contribution >= 0.6 is 11.6 Å². The molecule has 0 fully saturated rings. The van der Waals surface area contributed by atoms with Gasteiger partial charge in [-0.3, -0.25) is 0 Å². The average molecular weight is 304 g/mol. The maximum absolute atomic E-state index is 6.11. The van der Waals surface area contributed by atoms with Gasteiger partial charge in [0, 0.05) is 5.02 Å². The van der Waals surface area contributed by atoms with Gasteiger partial charge in [-0.25, -0.2) is 0 Å². The molecule has 0 spiro atoms. The number of likely N-dealkylation sites (N-methyl/N-ethyl adjacent to an activating group) is 1. The number of hydrogen-bond donors (Lipinski definition) is 1. The minimum Gasteiger partial charge on any atom is -0.486 e. The van der Waals surface area contributed by atoms with Gasteiger partial charge in [-0.05, 0) is 36.4 Å². The second-order valence-corrected chi connectivity index (χ2v) is 5.44. The van der Waals surface area contributed by atoms with Crippen LogP contribution in [0.3, 0.4) is 0 Å². The molecular formula is C17H18ClNO2. The summed E-state index contributed by atoms with van der Waals surface area (Å²) < 4.78 is 11.9. The van der Waals surface area contributed by atoms with E-state index in [2.05, 4.69) is 18.3 Å². The van der Waals surface area contributed by atoms with Gasteiger partial charge >= 0.3 is 0 Å². The summed E-state index contributed by atoms with van der Waals surface area (Å²) in [6, 6.07) is 15.7. The Kier molecular flexibility index (Phi) is 4.32. The fraction of sp³-hybridized carbons (Fsp3) is 0.294. The van der Waals surface area contributed by atoms with Crippen molar-refractivity contribution in [2.75, 3.05) is 13.2 Å². The Labute approximate surface area is 129 Å². The zero-order valence-electron chi connectivity index (χ0n) is 11.9. The molecule has 0 bridgehead atoms. The lowest BCUT2D eigenvalue weighted by Gasteiger charge is -2.33. The highest BCUT2D eigenvalue weighted by molar-refractivity contribution is 6.30. The molecule has 2 atom stereocenters. The van der Waals surface area contributed by atoms with Crippen LogP contribution in [-0.2, 0) is 0 Å². The van der Waals surface area contributed by atoms with Crippen LogP contribution in [-0.4, -0.2) is 19.3 Å². The normalized spacial score (nSPS) is 18.3. The molecular weight excluding hydrogens is 286 g/mol. The lowest BCUT2D eigenvalue weighted by atomic mass is 10.0. The van der Waals surface area contributed by atoms with Crippen molar-refractivity contribution in [3.63, 3.8) is 0 Å². The predicted molar refractivity (Wildman–Crippen MR) is 84.2 cm³/mol. The van der Waals surface area contributed by atoms with Crippen molar-refractivity contribution >= 4 is 11.6 Å². The monoisotopic (exact) mass is 303 g/mol. The predicted octanol–water partition coefficient (Wildman–Crippen LogP) is 3.83. The highest BCUT2D eigenvalue weighted by Crippen LogP contribution is 2.34. The molecule has 1 N–H and O–H groups in total. The van der Waals surface area contributed by atoms with E-state index in [1.165, 1.54) is 0 Å². The van der Waals surface area contributed by atoms with Gasteiger partial charge in [-0.1, -0.05) is 42.8 Å². The topological polar surface area (TPSA) is 30.5 Å². The first-order chi connectivity index (χ1) is 10.3. The maximum atomic E-state index is 6.11. The summed E-state index contributed by atoms with van der Waals surface area (Å²) in [4.78, 5) is 0. The first kappa shape index (κ1) is 14.2. The molecule has 0 amide bonds. The number of benzene rings is 2. The van der Waals surface area contributed by atoms with Crippen LogP contribution in [0.4, 0.5) is 0 Å². The van der Waals surface area contributed by atoms with Crippen LogP contribution in [0.2, 0.25) is 5.02 Å². The van der Waals surface area contributed by atoms with Crippen LogP contribution in [0, 0.1) is 0 Å². The molecule has 0 aliphatic carbocycles. The first-order valence-corrected chi connectivity index (χ1v) is 7.53. The van der Waals surface area contributed by atoms with Gasteiger partial charge in [0.25, 0.3) is 0 Å². The van der Waals surface area contributed by atoms with Crippen molar-refractivity contribution in [3.05, 3.63) is 59.1 Å². The summed E-state index contributed by atoms with van der Waals surface area (Å²) in [5.74, 6) is 1.59. The van der Waals surface area contributed by atoms with Crippen molar-refractivity contribution < 1.29 is 9.47 Å². The zero-order valence-corrected chi connectivity index (χ0v) is 12.6. The molecule has 3 nitrogen and oxygen atoms in total. The second-order valence-electron chi connectivity index (χ2n) is 5.00. The summed E-state index contributed by atoms with van der Waals surface area (Å²) in [6.07, 6.45) is -0.0849. The smallest absolute Gasteiger partial charge is 0.161 e. The van der Waals surface area contributed by atoms with Gasteiger partial charge in [0.05, 0.1) is 6.04 Å². The SMILES string of the molecule is CCNC(c1cccc(Cl)c1)C1COc2ccccc2O1. The Morgan fingerprint density at radius 2 is 2.00 bits per heavy atom. The largest absolute Gasteiger partial charge is 0.486 e. The van der Waals surface area contributed by atoms with Gasteiger partial charge in [0.15, 0.2) is 17.6 Å². The minimum absolute atomic E-state index is 0.0436. The molecule has 21 heavy (non-hydrogen) atoms. The molecule has 2 aromatic rings. The lowest BCUT2D eigenvalue weighted by molar-refractivity contribution is 0.0621. The van der Waals surface area contributed by atoms with Crippen molar-refractivity contribution in [3.8, 4) is 11.5 Å². The molecule has 3 rings (SSSR count). The summed E-state index contributed by atoms with van der Waals surface area (Å²) in [5, 5.41) is 4.19. The molecule has 1 aliphatic heterocycles. The Hall–Kier alpha value is -1.71. The van der Waals surface area contributed by atoms with E-state index in [-0.39, 0.29) is 12.1 Å². The fourth-order valence-corrected chi connectivity index (χ4v) is 2.78. The molecule has 110 valence electrons. The summed E-state index contributed by atoms with van der Waals surface area (Å²) >= 11 is 6.11. The van der Waals surface area contributed by atoms with Crippen molar-refractivity contribution in [1.82, 2.24) is 5.32 Å². The third-order valence-electron chi connectivity index (χ3n) is 3.53. The second kappa shape index (κ2) is 6.37. The van der Waals surface area contributed by atoms with E-state index in [1.807, 2.05) is 42.5 Å². The minimum atomic E-state index is -0.0849. The van der Waals surface area contributed by atoms with E-state index in [0.29, 0.717) is 6.61 Å². The van der Waals surface area contributed by atoms with Gasteiger partial charge in [-0.15, -0.1) is 0 Å². The summed E-state index contributed by atoms with van der Waals surface area (Å²) in [5.41, 5.74) is 1.11. The summed E-state index contributed by atoms with van der Waals surface area (Å²) in [7, 11) is 0. The van der Waals surface area contributed by atoms with Crippen LogP contribution in [0.5, 0.6) is 11.5 Å². The number of ether oxygens (including phenoxy) is 2. The van der Waals surface area contributed by atoms with Crippen LogP contribution in [0.25, 0.3) is 0 Å². The Bertz CT molecular complexity index is 617.